The van der Waals surface area contributed by atoms with Gasteiger partial charge in [-0.15, -0.1) is 0 Å². The zero-order valence-electron chi connectivity index (χ0n) is 16.4. The van der Waals surface area contributed by atoms with Crippen LogP contribution < -0.4 is 11.1 Å². The van der Waals surface area contributed by atoms with Crippen molar-refractivity contribution in [1.29, 1.82) is 0 Å². The fourth-order valence-corrected chi connectivity index (χ4v) is 3.63. The van der Waals surface area contributed by atoms with Gasteiger partial charge in [0.1, 0.15) is 17.0 Å². The number of rotatable bonds is 4. The molecule has 1 amide bonds. The van der Waals surface area contributed by atoms with Crippen molar-refractivity contribution >= 4 is 17.4 Å². The van der Waals surface area contributed by atoms with E-state index in [4.69, 9.17) is 10.5 Å². The minimum absolute atomic E-state index is 0.0461. The van der Waals surface area contributed by atoms with Crippen molar-refractivity contribution in [2.24, 2.45) is 0 Å². The van der Waals surface area contributed by atoms with Gasteiger partial charge in [-0.2, -0.15) is 0 Å². The lowest BCUT2D eigenvalue weighted by atomic mass is 10.1. The number of imidazole rings is 1. The predicted molar refractivity (Wildman–Crippen MR) is 112 cm³/mol. The second-order valence-corrected chi connectivity index (χ2v) is 7.32. The minimum Gasteiger partial charge on any atom is -0.382 e. The highest BCUT2D eigenvalue weighted by molar-refractivity contribution is 5.98. The summed E-state index contributed by atoms with van der Waals surface area (Å²) >= 11 is 0. The van der Waals surface area contributed by atoms with Gasteiger partial charge in [0.15, 0.2) is 11.5 Å². The molecule has 0 aliphatic carbocycles. The molecule has 4 N–H and O–H groups in total. The molecule has 5 heterocycles. The molecule has 152 valence electrons. The number of carbonyl (C=O) groups is 1. The Labute approximate surface area is 172 Å². The molecule has 1 aliphatic rings. The van der Waals surface area contributed by atoms with E-state index >= 15 is 0 Å². The third kappa shape index (κ3) is 3.18. The van der Waals surface area contributed by atoms with Crippen molar-refractivity contribution in [3.8, 4) is 22.6 Å². The SMILES string of the molecule is Cc1cnc2ccc(-c3nc(C(=O)N[C@@H]4CCOC4)c(N)nc3-c3ccc[nH]3)cn12. The minimum atomic E-state index is -0.352. The molecule has 5 rings (SSSR count). The van der Waals surface area contributed by atoms with Gasteiger partial charge in [0.05, 0.1) is 18.3 Å². The molecule has 0 radical (unpaired) electrons. The monoisotopic (exact) mass is 403 g/mol. The zero-order valence-corrected chi connectivity index (χ0v) is 16.4. The fraction of sp³-hybridized carbons (Fsp3) is 0.238. The molecule has 1 aliphatic heterocycles. The average molecular weight is 403 g/mol. The molecule has 4 aromatic rings. The molecule has 1 atom stereocenters. The number of hydrogen-bond donors (Lipinski definition) is 3. The third-order valence-corrected chi connectivity index (χ3v) is 5.22. The molecule has 1 saturated heterocycles. The maximum absolute atomic E-state index is 12.9. The number of anilines is 1. The summed E-state index contributed by atoms with van der Waals surface area (Å²) in [6.07, 6.45) is 6.32. The van der Waals surface area contributed by atoms with Crippen LogP contribution in [0.25, 0.3) is 28.3 Å². The Morgan fingerprint density at radius 2 is 2.20 bits per heavy atom. The van der Waals surface area contributed by atoms with Gasteiger partial charge < -0.3 is 25.2 Å². The summed E-state index contributed by atoms with van der Waals surface area (Å²) in [4.78, 5) is 29.6. The van der Waals surface area contributed by atoms with E-state index in [-0.39, 0.29) is 23.5 Å². The number of pyridine rings is 1. The number of hydrogen-bond acceptors (Lipinski definition) is 6. The summed E-state index contributed by atoms with van der Waals surface area (Å²) < 4.78 is 7.31. The molecule has 0 saturated carbocycles. The van der Waals surface area contributed by atoms with Gasteiger partial charge in [0.2, 0.25) is 0 Å². The van der Waals surface area contributed by atoms with Gasteiger partial charge in [-0.25, -0.2) is 15.0 Å². The lowest BCUT2D eigenvalue weighted by Gasteiger charge is -2.14. The Bertz CT molecular complexity index is 1220. The largest absolute Gasteiger partial charge is 0.382 e. The number of nitrogens with two attached hydrogens (primary N) is 1. The van der Waals surface area contributed by atoms with Crippen molar-refractivity contribution in [3.05, 3.63) is 54.2 Å². The highest BCUT2D eigenvalue weighted by atomic mass is 16.5. The molecule has 0 spiro atoms. The Morgan fingerprint density at radius 1 is 1.30 bits per heavy atom. The highest BCUT2D eigenvalue weighted by Gasteiger charge is 2.24. The van der Waals surface area contributed by atoms with Gasteiger partial charge in [-0.05, 0) is 37.6 Å². The summed E-state index contributed by atoms with van der Waals surface area (Å²) in [6, 6.07) is 7.55. The third-order valence-electron chi connectivity index (χ3n) is 5.22. The van der Waals surface area contributed by atoms with Gasteiger partial charge in [-0.1, -0.05) is 0 Å². The Kier molecular flexibility index (Phi) is 4.44. The van der Waals surface area contributed by atoms with E-state index in [0.29, 0.717) is 24.6 Å². The molecule has 1 fully saturated rings. The topological polar surface area (TPSA) is 123 Å². The van der Waals surface area contributed by atoms with E-state index < -0.39 is 0 Å². The van der Waals surface area contributed by atoms with Crippen LogP contribution in [0.15, 0.2) is 42.9 Å². The van der Waals surface area contributed by atoms with Gasteiger partial charge in [0, 0.05) is 36.5 Å². The van der Waals surface area contributed by atoms with Crippen LogP contribution in [0, 0.1) is 6.92 Å². The van der Waals surface area contributed by atoms with E-state index in [1.165, 1.54) is 0 Å². The first-order valence-corrected chi connectivity index (χ1v) is 9.74. The first-order chi connectivity index (χ1) is 14.6. The van der Waals surface area contributed by atoms with Crippen molar-refractivity contribution in [2.45, 2.75) is 19.4 Å². The number of nitrogen functional groups attached to an aromatic ring is 1. The number of nitrogens with zero attached hydrogens (tertiary/aromatic N) is 4. The van der Waals surface area contributed by atoms with Crippen molar-refractivity contribution in [3.63, 3.8) is 0 Å². The van der Waals surface area contributed by atoms with Crippen LogP contribution in [0.3, 0.4) is 0 Å². The average Bonchev–Trinajstić information content (AvgIpc) is 3.51. The normalized spacial score (nSPS) is 16.2. The van der Waals surface area contributed by atoms with E-state index in [1.54, 1.807) is 6.20 Å². The lowest BCUT2D eigenvalue weighted by molar-refractivity contribution is 0.0925. The number of nitrogens with one attached hydrogen (secondary N) is 2. The molecular formula is C21H21N7O2. The molecule has 9 heteroatoms. The van der Waals surface area contributed by atoms with Crippen LogP contribution >= 0.6 is 0 Å². The summed E-state index contributed by atoms with van der Waals surface area (Å²) in [6.45, 7) is 3.10. The number of aryl methyl sites for hydroxylation is 1. The van der Waals surface area contributed by atoms with Crippen LogP contribution in [0.1, 0.15) is 22.6 Å². The number of aromatic nitrogens is 5. The van der Waals surface area contributed by atoms with Crippen molar-refractivity contribution in [2.75, 3.05) is 18.9 Å². The number of ether oxygens (including phenoxy) is 1. The number of carbonyl (C=O) groups excluding carboxylic acids is 1. The summed E-state index contributed by atoms with van der Waals surface area (Å²) in [5.74, 6) is -0.269. The molecular weight excluding hydrogens is 382 g/mol. The van der Waals surface area contributed by atoms with Crippen LogP contribution in [-0.2, 0) is 4.74 Å². The molecule has 0 bridgehead atoms. The Hall–Kier alpha value is -3.72. The number of aromatic amines is 1. The summed E-state index contributed by atoms with van der Waals surface area (Å²) in [5, 5.41) is 2.93. The van der Waals surface area contributed by atoms with E-state index in [2.05, 4.69) is 25.3 Å². The predicted octanol–water partition coefficient (Wildman–Crippen LogP) is 2.20. The Balaban J connectivity index is 1.64. The number of fused-ring (bicyclic) bond motifs is 1. The lowest BCUT2D eigenvalue weighted by Crippen LogP contribution is -2.36. The second kappa shape index (κ2) is 7.27. The smallest absolute Gasteiger partial charge is 0.274 e. The molecule has 30 heavy (non-hydrogen) atoms. The maximum atomic E-state index is 12.9. The fourth-order valence-electron chi connectivity index (χ4n) is 3.63. The first kappa shape index (κ1) is 18.3. The van der Waals surface area contributed by atoms with E-state index in [0.717, 1.165) is 29.0 Å². The molecule has 9 nitrogen and oxygen atoms in total. The number of amides is 1. The second-order valence-electron chi connectivity index (χ2n) is 7.32. The van der Waals surface area contributed by atoms with Gasteiger partial charge in [0.25, 0.3) is 5.91 Å². The summed E-state index contributed by atoms with van der Waals surface area (Å²) in [5.41, 5.74) is 10.8. The highest BCUT2D eigenvalue weighted by Crippen LogP contribution is 2.30. The summed E-state index contributed by atoms with van der Waals surface area (Å²) in [7, 11) is 0. The van der Waals surface area contributed by atoms with E-state index in [1.807, 2.05) is 48.0 Å². The van der Waals surface area contributed by atoms with Crippen LogP contribution in [0.2, 0.25) is 0 Å². The quantitative estimate of drug-likeness (QED) is 0.480. The van der Waals surface area contributed by atoms with Crippen LogP contribution in [0.4, 0.5) is 5.82 Å². The molecule has 0 unspecified atom stereocenters. The van der Waals surface area contributed by atoms with Crippen LogP contribution in [0.5, 0.6) is 0 Å². The number of H-pyrrole nitrogens is 1. The van der Waals surface area contributed by atoms with Gasteiger partial charge >= 0.3 is 0 Å². The van der Waals surface area contributed by atoms with Gasteiger partial charge in [-0.3, -0.25) is 4.79 Å². The zero-order chi connectivity index (χ0) is 20.7. The van der Waals surface area contributed by atoms with E-state index in [9.17, 15) is 4.79 Å². The first-order valence-electron chi connectivity index (χ1n) is 9.74. The van der Waals surface area contributed by atoms with Crippen molar-refractivity contribution in [1.82, 2.24) is 29.7 Å². The standard InChI is InChI=1S/C21H21N7O2/c1-12-9-24-16-5-4-13(10-28(12)16)17-18(15-3-2-7-23-15)27-20(22)19(26-17)21(29)25-14-6-8-30-11-14/h2-5,7,9-10,14,23H,6,8,11H2,1H3,(H2,22,27)(H,25,29)/t14-/m1/s1. The molecule has 0 aromatic carbocycles. The van der Waals surface area contributed by atoms with Crippen molar-refractivity contribution < 1.29 is 9.53 Å². The maximum Gasteiger partial charge on any atom is 0.274 e. The Morgan fingerprint density at radius 3 is 2.97 bits per heavy atom. The molecule has 4 aromatic heterocycles. The van der Waals surface area contributed by atoms with Crippen LogP contribution in [-0.4, -0.2) is 49.5 Å².